The van der Waals surface area contributed by atoms with Gasteiger partial charge >= 0.3 is 0 Å². The normalized spacial score (nSPS) is 18.0. The average Bonchev–Trinajstić information content (AvgIpc) is 2.69. The van der Waals surface area contributed by atoms with E-state index in [1.165, 1.54) is 36.2 Å². The highest BCUT2D eigenvalue weighted by molar-refractivity contribution is 8.15. The van der Waals surface area contributed by atoms with Gasteiger partial charge in [-0.2, -0.15) is 5.10 Å². The van der Waals surface area contributed by atoms with Gasteiger partial charge in [0, 0.05) is 10.6 Å². The molecule has 4 nitrogen and oxygen atoms in total. The van der Waals surface area contributed by atoms with Crippen LogP contribution in [-0.4, -0.2) is 23.0 Å². The third-order valence-corrected chi connectivity index (χ3v) is 2.99. The molecule has 1 saturated heterocycles. The first-order chi connectivity index (χ1) is 8.15. The van der Waals surface area contributed by atoms with Crippen LogP contribution in [0.4, 0.5) is 4.39 Å². The Balaban J connectivity index is 2.10. The lowest BCUT2D eigenvalue weighted by atomic mass is 10.2. The minimum absolute atomic E-state index is 0.113. The smallest absolute Gasteiger partial charge is 0.236 e. The summed E-state index contributed by atoms with van der Waals surface area (Å²) in [4.78, 5) is 10.8. The summed E-state index contributed by atoms with van der Waals surface area (Å²) >= 11 is 6.97. The zero-order chi connectivity index (χ0) is 12.3. The van der Waals surface area contributed by atoms with E-state index in [1.54, 1.807) is 0 Å². The van der Waals surface area contributed by atoms with Gasteiger partial charge in [0.1, 0.15) is 5.82 Å². The number of benzene rings is 1. The van der Waals surface area contributed by atoms with Gasteiger partial charge in [-0.15, -0.1) is 5.10 Å². The summed E-state index contributed by atoms with van der Waals surface area (Å²) in [6.07, 6.45) is 1.25. The molecule has 2 rings (SSSR count). The van der Waals surface area contributed by atoms with E-state index >= 15 is 0 Å². The molecule has 0 spiro atoms. The first-order valence-electron chi connectivity index (χ1n) is 4.64. The second-order valence-corrected chi connectivity index (χ2v) is 4.55. The van der Waals surface area contributed by atoms with E-state index in [9.17, 15) is 9.18 Å². The summed E-state index contributed by atoms with van der Waals surface area (Å²) in [5.41, 5.74) is 0.246. The third kappa shape index (κ3) is 3.28. The molecule has 7 heteroatoms. The summed E-state index contributed by atoms with van der Waals surface area (Å²) in [6, 6.07) is 4.15. The maximum absolute atomic E-state index is 13.3. The van der Waals surface area contributed by atoms with E-state index in [1.807, 2.05) is 0 Å². The van der Waals surface area contributed by atoms with E-state index in [4.69, 9.17) is 11.6 Å². The fourth-order valence-corrected chi connectivity index (χ4v) is 1.95. The monoisotopic (exact) mass is 271 g/mol. The van der Waals surface area contributed by atoms with Crippen molar-refractivity contribution in [1.82, 2.24) is 5.32 Å². The zero-order valence-electron chi connectivity index (χ0n) is 8.48. The summed E-state index contributed by atoms with van der Waals surface area (Å²) < 4.78 is 13.3. The van der Waals surface area contributed by atoms with Gasteiger partial charge in [0.2, 0.25) is 5.91 Å². The van der Waals surface area contributed by atoms with Gasteiger partial charge in [-0.3, -0.25) is 4.79 Å². The molecule has 0 aromatic heterocycles. The van der Waals surface area contributed by atoms with Crippen molar-refractivity contribution in [3.05, 3.63) is 34.6 Å². The fraction of sp³-hybridized carbons (Fsp3) is 0.100. The molecule has 0 unspecified atom stereocenters. The molecule has 1 heterocycles. The van der Waals surface area contributed by atoms with Crippen molar-refractivity contribution in [2.24, 2.45) is 10.2 Å². The number of hydrogen-bond acceptors (Lipinski definition) is 4. The summed E-state index contributed by atoms with van der Waals surface area (Å²) in [5.74, 6) is -0.209. The molecule has 1 fully saturated rings. The largest absolute Gasteiger partial charge is 0.303 e. The van der Waals surface area contributed by atoms with Crippen LogP contribution in [0, 0.1) is 5.82 Å². The van der Waals surface area contributed by atoms with Crippen molar-refractivity contribution in [2.75, 3.05) is 5.75 Å². The molecular formula is C10H7ClFN3OS. The molecule has 1 amide bonds. The number of hydrogen-bond donors (Lipinski definition) is 1. The summed E-state index contributed by atoms with van der Waals surface area (Å²) in [6.45, 7) is 0. The Morgan fingerprint density at radius 2 is 2.35 bits per heavy atom. The van der Waals surface area contributed by atoms with Crippen LogP contribution >= 0.6 is 23.4 Å². The van der Waals surface area contributed by atoms with Crippen molar-refractivity contribution in [1.29, 1.82) is 0 Å². The average molecular weight is 272 g/mol. The number of nitrogens with zero attached hydrogens (tertiary/aromatic N) is 2. The van der Waals surface area contributed by atoms with E-state index < -0.39 is 5.82 Å². The number of carbonyl (C=O) groups excluding carboxylic acids is 1. The van der Waals surface area contributed by atoms with Gasteiger partial charge in [-0.1, -0.05) is 23.4 Å². The van der Waals surface area contributed by atoms with Crippen LogP contribution in [0.2, 0.25) is 5.02 Å². The van der Waals surface area contributed by atoms with Crippen molar-refractivity contribution in [3.63, 3.8) is 0 Å². The highest BCUT2D eigenvalue weighted by Gasteiger charge is 2.15. The number of rotatable bonds is 2. The second-order valence-electron chi connectivity index (χ2n) is 3.15. The maximum Gasteiger partial charge on any atom is 0.236 e. The van der Waals surface area contributed by atoms with Crippen LogP contribution in [0.1, 0.15) is 5.56 Å². The van der Waals surface area contributed by atoms with E-state index in [-0.39, 0.29) is 11.5 Å². The Labute approximate surface area is 106 Å². The highest BCUT2D eigenvalue weighted by atomic mass is 35.5. The summed E-state index contributed by atoms with van der Waals surface area (Å²) in [7, 11) is 0. The Morgan fingerprint density at radius 3 is 3.06 bits per heavy atom. The van der Waals surface area contributed by atoms with Crippen molar-refractivity contribution < 1.29 is 9.18 Å². The molecule has 1 aromatic rings. The third-order valence-electron chi connectivity index (χ3n) is 1.89. The molecule has 0 bridgehead atoms. The molecule has 1 aromatic carbocycles. The quantitative estimate of drug-likeness (QED) is 0.661. The van der Waals surface area contributed by atoms with Crippen molar-refractivity contribution >= 4 is 40.7 Å². The molecular weight excluding hydrogens is 265 g/mol. The first kappa shape index (κ1) is 12.1. The predicted octanol–water partition coefficient (Wildman–Crippen LogP) is 2.03. The molecule has 1 aliphatic heterocycles. The van der Waals surface area contributed by atoms with Crippen LogP contribution in [0.3, 0.4) is 0 Å². The van der Waals surface area contributed by atoms with Crippen LogP contribution in [0.15, 0.2) is 28.4 Å². The van der Waals surface area contributed by atoms with Crippen LogP contribution in [-0.2, 0) is 4.79 Å². The molecule has 1 aliphatic rings. The lowest BCUT2D eigenvalue weighted by Crippen LogP contribution is -2.19. The van der Waals surface area contributed by atoms with Crippen LogP contribution in [0.25, 0.3) is 0 Å². The molecule has 88 valence electrons. The topological polar surface area (TPSA) is 53.8 Å². The van der Waals surface area contributed by atoms with Crippen LogP contribution in [0.5, 0.6) is 0 Å². The van der Waals surface area contributed by atoms with Gasteiger partial charge < -0.3 is 5.32 Å². The van der Waals surface area contributed by atoms with Gasteiger partial charge in [0.15, 0.2) is 5.17 Å². The minimum atomic E-state index is -0.429. The molecule has 1 N–H and O–H groups in total. The molecule has 0 atom stereocenters. The second kappa shape index (κ2) is 5.29. The Hall–Kier alpha value is -1.40. The lowest BCUT2D eigenvalue weighted by molar-refractivity contribution is -0.116. The highest BCUT2D eigenvalue weighted by Crippen LogP contribution is 2.13. The SMILES string of the molecule is O=C1CSC(=NN=Cc2cc(Cl)ccc2F)N1. The van der Waals surface area contributed by atoms with E-state index in [0.717, 1.165) is 0 Å². The Bertz CT molecular complexity index is 518. The number of halogens is 2. The predicted molar refractivity (Wildman–Crippen MR) is 67.0 cm³/mol. The minimum Gasteiger partial charge on any atom is -0.303 e. The number of nitrogens with one attached hydrogen (secondary N) is 1. The number of thioether (sulfide) groups is 1. The number of amides is 1. The molecule has 0 saturated carbocycles. The first-order valence-corrected chi connectivity index (χ1v) is 6.00. The van der Waals surface area contributed by atoms with E-state index in [2.05, 4.69) is 15.5 Å². The van der Waals surface area contributed by atoms with Crippen LogP contribution < -0.4 is 5.32 Å². The molecule has 0 aliphatic carbocycles. The van der Waals surface area contributed by atoms with E-state index in [0.29, 0.717) is 15.9 Å². The fourth-order valence-electron chi connectivity index (χ4n) is 1.14. The van der Waals surface area contributed by atoms with Gasteiger partial charge in [-0.05, 0) is 18.2 Å². The van der Waals surface area contributed by atoms with Crippen molar-refractivity contribution in [3.8, 4) is 0 Å². The van der Waals surface area contributed by atoms with Gasteiger partial charge in [-0.25, -0.2) is 4.39 Å². The standard InChI is InChI=1S/C10H7ClFN3OS/c11-7-1-2-8(12)6(3-7)4-13-15-10-14-9(16)5-17-10/h1-4H,5H2,(H,14,15,16). The van der Waals surface area contributed by atoms with Gasteiger partial charge in [0.05, 0.1) is 12.0 Å². The maximum atomic E-state index is 13.3. The number of amidine groups is 1. The Morgan fingerprint density at radius 1 is 1.53 bits per heavy atom. The van der Waals surface area contributed by atoms with Crippen molar-refractivity contribution in [2.45, 2.75) is 0 Å². The zero-order valence-corrected chi connectivity index (χ0v) is 10.1. The lowest BCUT2D eigenvalue weighted by Gasteiger charge is -1.95. The molecule has 0 radical (unpaired) electrons. The summed E-state index contributed by atoms with van der Waals surface area (Å²) in [5, 5.41) is 10.8. The Kier molecular flexibility index (Phi) is 3.75. The van der Waals surface area contributed by atoms with Gasteiger partial charge in [0.25, 0.3) is 0 Å². The number of carbonyl (C=O) groups is 1. The molecule has 17 heavy (non-hydrogen) atoms.